The Morgan fingerprint density at radius 3 is 3.05 bits per heavy atom. The molecule has 0 saturated heterocycles. The number of imidazole rings is 1. The number of hydrazine groups is 1. The number of nitrogens with zero attached hydrogens (tertiary/aromatic N) is 2. The number of rotatable bonds is 4. The van der Waals surface area contributed by atoms with E-state index in [2.05, 4.69) is 33.0 Å². The second-order valence-corrected chi connectivity index (χ2v) is 6.86. The van der Waals surface area contributed by atoms with Gasteiger partial charge in [-0.3, -0.25) is 15.7 Å². The van der Waals surface area contributed by atoms with Crippen LogP contribution in [0.2, 0.25) is 5.02 Å². The van der Waals surface area contributed by atoms with Gasteiger partial charge in [-0.15, -0.1) is 11.3 Å². The summed E-state index contributed by atoms with van der Waals surface area (Å²) in [5, 5.41) is 2.76. The van der Waals surface area contributed by atoms with Gasteiger partial charge in [-0.1, -0.05) is 17.7 Å². The Balaban J connectivity index is 1.85. The molecule has 0 saturated carbocycles. The molecule has 0 aliphatic heterocycles. The Labute approximate surface area is 139 Å². The van der Waals surface area contributed by atoms with Crippen LogP contribution in [0.25, 0.3) is 4.96 Å². The lowest BCUT2D eigenvalue weighted by atomic mass is 10.0. The van der Waals surface area contributed by atoms with E-state index in [1.807, 2.05) is 40.4 Å². The monoisotopic (exact) mass is 418 g/mol. The normalized spacial score (nSPS) is 12.9. The zero-order valence-electron chi connectivity index (χ0n) is 10.4. The number of hydrogen-bond acceptors (Lipinski definition) is 4. The molecule has 1 aromatic carbocycles. The maximum atomic E-state index is 6.17. The first-order valence-electron chi connectivity index (χ1n) is 5.99. The van der Waals surface area contributed by atoms with Gasteiger partial charge in [-0.2, -0.15) is 0 Å². The zero-order valence-corrected chi connectivity index (χ0v) is 14.1. The molecule has 104 valence electrons. The Morgan fingerprint density at radius 2 is 2.35 bits per heavy atom. The van der Waals surface area contributed by atoms with E-state index in [0.29, 0.717) is 0 Å². The van der Waals surface area contributed by atoms with Gasteiger partial charge >= 0.3 is 0 Å². The van der Waals surface area contributed by atoms with Crippen LogP contribution < -0.4 is 11.3 Å². The molecule has 0 fully saturated rings. The number of benzene rings is 1. The van der Waals surface area contributed by atoms with Gasteiger partial charge in [0.15, 0.2) is 4.96 Å². The van der Waals surface area contributed by atoms with E-state index < -0.39 is 0 Å². The number of hydrogen-bond donors (Lipinski definition) is 2. The van der Waals surface area contributed by atoms with Crippen LogP contribution in [0.3, 0.4) is 0 Å². The lowest BCUT2D eigenvalue weighted by Crippen LogP contribution is -2.29. The van der Waals surface area contributed by atoms with E-state index in [0.717, 1.165) is 31.2 Å². The van der Waals surface area contributed by atoms with Gasteiger partial charge in [0.1, 0.15) is 0 Å². The lowest BCUT2D eigenvalue weighted by molar-refractivity contribution is 0.547. The van der Waals surface area contributed by atoms with Crippen molar-refractivity contribution in [1.82, 2.24) is 14.8 Å². The minimum atomic E-state index is -0.00546. The van der Waals surface area contributed by atoms with E-state index in [4.69, 9.17) is 17.4 Å². The third kappa shape index (κ3) is 2.84. The third-order valence-corrected chi connectivity index (χ3v) is 5.45. The van der Waals surface area contributed by atoms with Crippen molar-refractivity contribution < 1.29 is 0 Å². The molecule has 0 bridgehead atoms. The summed E-state index contributed by atoms with van der Waals surface area (Å²) in [4.78, 5) is 5.57. The van der Waals surface area contributed by atoms with E-state index in [1.54, 1.807) is 11.3 Å². The maximum absolute atomic E-state index is 6.17. The summed E-state index contributed by atoms with van der Waals surface area (Å²) in [7, 11) is 0. The lowest BCUT2D eigenvalue weighted by Gasteiger charge is -2.15. The summed E-state index contributed by atoms with van der Waals surface area (Å²) in [6.45, 7) is 0. The number of fused-ring (bicyclic) bond motifs is 1. The molecule has 3 rings (SSSR count). The van der Waals surface area contributed by atoms with Gasteiger partial charge in [0.05, 0.1) is 16.8 Å². The predicted molar refractivity (Wildman–Crippen MR) is 91.0 cm³/mol. The summed E-state index contributed by atoms with van der Waals surface area (Å²) in [5.41, 5.74) is 4.92. The number of nitrogens with two attached hydrogens (primary N) is 1. The molecule has 2 aromatic heterocycles. The minimum Gasteiger partial charge on any atom is -0.297 e. The highest BCUT2D eigenvalue weighted by Crippen LogP contribution is 2.25. The van der Waals surface area contributed by atoms with E-state index in [9.17, 15) is 0 Å². The molecule has 3 N–H and O–H groups in total. The first-order valence-corrected chi connectivity index (χ1v) is 8.33. The molecule has 1 unspecified atom stereocenters. The highest BCUT2D eigenvalue weighted by molar-refractivity contribution is 14.1. The SMILES string of the molecule is NNC(Cc1cn2ccsc2n1)c1ccc(I)c(Cl)c1. The molecule has 3 aromatic rings. The van der Waals surface area contributed by atoms with E-state index in [1.165, 1.54) is 0 Å². The van der Waals surface area contributed by atoms with Crippen LogP contribution in [0, 0.1) is 3.57 Å². The molecule has 0 aliphatic carbocycles. The van der Waals surface area contributed by atoms with Gasteiger partial charge in [0.25, 0.3) is 0 Å². The van der Waals surface area contributed by atoms with E-state index in [-0.39, 0.29) is 6.04 Å². The summed E-state index contributed by atoms with van der Waals surface area (Å²) in [5.74, 6) is 5.68. The van der Waals surface area contributed by atoms with Crippen molar-refractivity contribution in [3.8, 4) is 0 Å². The van der Waals surface area contributed by atoms with Gasteiger partial charge in [-0.05, 0) is 40.3 Å². The highest BCUT2D eigenvalue weighted by Gasteiger charge is 2.14. The molecule has 2 heterocycles. The first kappa shape index (κ1) is 14.3. The number of nitrogens with one attached hydrogen (secondary N) is 1. The second-order valence-electron chi connectivity index (χ2n) is 4.42. The van der Waals surface area contributed by atoms with Gasteiger partial charge in [0.2, 0.25) is 0 Å². The fourth-order valence-electron chi connectivity index (χ4n) is 2.09. The number of halogens is 2. The molecule has 0 amide bonds. The van der Waals surface area contributed by atoms with Crippen LogP contribution in [0.4, 0.5) is 0 Å². The summed E-state index contributed by atoms with van der Waals surface area (Å²) in [6, 6.07) is 5.98. The van der Waals surface area contributed by atoms with Crippen molar-refractivity contribution in [3.05, 3.63) is 55.8 Å². The van der Waals surface area contributed by atoms with Gasteiger partial charge in [0, 0.05) is 27.8 Å². The molecule has 0 spiro atoms. The molecule has 0 radical (unpaired) electrons. The topological polar surface area (TPSA) is 55.3 Å². The summed E-state index contributed by atoms with van der Waals surface area (Å²) >= 11 is 10.0. The van der Waals surface area contributed by atoms with Gasteiger partial charge < -0.3 is 0 Å². The second kappa shape index (κ2) is 5.98. The fourth-order valence-corrected chi connectivity index (χ4v) is 3.33. The van der Waals surface area contributed by atoms with Crippen LogP contribution in [-0.4, -0.2) is 9.38 Å². The Morgan fingerprint density at radius 1 is 1.50 bits per heavy atom. The Kier molecular flexibility index (Phi) is 4.27. The average molecular weight is 419 g/mol. The molecule has 20 heavy (non-hydrogen) atoms. The quantitative estimate of drug-likeness (QED) is 0.388. The summed E-state index contributed by atoms with van der Waals surface area (Å²) in [6.07, 6.45) is 4.76. The number of thiazole rings is 1. The molecular formula is C13H12ClIN4S. The zero-order chi connectivity index (χ0) is 14.1. The fraction of sp³-hybridized carbons (Fsp3) is 0.154. The largest absolute Gasteiger partial charge is 0.297 e. The van der Waals surface area contributed by atoms with Crippen molar-refractivity contribution in [2.24, 2.45) is 5.84 Å². The van der Waals surface area contributed by atoms with Crippen molar-refractivity contribution >= 4 is 50.5 Å². The molecular weight excluding hydrogens is 407 g/mol. The summed E-state index contributed by atoms with van der Waals surface area (Å²) < 4.78 is 3.06. The standard InChI is InChI=1S/C13H12ClIN4S/c14-10-5-8(1-2-11(10)15)12(18-16)6-9-7-19-3-4-20-13(19)17-9/h1-5,7,12,18H,6,16H2. The minimum absolute atomic E-state index is 0.00546. The average Bonchev–Trinajstić information content (AvgIpc) is 3.00. The maximum Gasteiger partial charge on any atom is 0.193 e. The van der Waals surface area contributed by atoms with Crippen LogP contribution in [0.5, 0.6) is 0 Å². The van der Waals surface area contributed by atoms with Crippen LogP contribution in [0.1, 0.15) is 17.3 Å². The van der Waals surface area contributed by atoms with E-state index >= 15 is 0 Å². The van der Waals surface area contributed by atoms with Crippen molar-refractivity contribution in [1.29, 1.82) is 0 Å². The first-order chi connectivity index (χ1) is 9.67. The van der Waals surface area contributed by atoms with Gasteiger partial charge in [-0.25, -0.2) is 4.98 Å². The Bertz CT molecular complexity index is 710. The molecule has 7 heteroatoms. The molecule has 4 nitrogen and oxygen atoms in total. The molecule has 1 atom stereocenters. The van der Waals surface area contributed by atoms with Crippen LogP contribution >= 0.6 is 45.5 Å². The molecule has 0 aliphatic rings. The predicted octanol–water partition coefficient (Wildman–Crippen LogP) is 3.40. The number of aromatic nitrogens is 2. The Hall–Kier alpha value is -0.670. The van der Waals surface area contributed by atoms with Crippen LogP contribution in [-0.2, 0) is 6.42 Å². The smallest absolute Gasteiger partial charge is 0.193 e. The van der Waals surface area contributed by atoms with Crippen molar-refractivity contribution in [3.63, 3.8) is 0 Å². The van der Waals surface area contributed by atoms with Crippen LogP contribution in [0.15, 0.2) is 36.0 Å². The highest BCUT2D eigenvalue weighted by atomic mass is 127. The van der Waals surface area contributed by atoms with Crippen molar-refractivity contribution in [2.45, 2.75) is 12.5 Å². The van der Waals surface area contributed by atoms with Crippen molar-refractivity contribution in [2.75, 3.05) is 0 Å². The third-order valence-electron chi connectivity index (χ3n) is 3.10.